The van der Waals surface area contributed by atoms with E-state index in [1.165, 1.54) is 56.5 Å². The maximum Gasteiger partial charge on any atom is 0.354 e. The van der Waals surface area contributed by atoms with Crippen LogP contribution in [0.15, 0.2) is 41.4 Å². The lowest BCUT2D eigenvalue weighted by Gasteiger charge is -2.19. The van der Waals surface area contributed by atoms with Crippen LogP contribution in [-0.2, 0) is 28.4 Å². The predicted octanol–water partition coefficient (Wildman–Crippen LogP) is 3.67. The van der Waals surface area contributed by atoms with Gasteiger partial charge in [0.1, 0.15) is 5.69 Å². The van der Waals surface area contributed by atoms with Crippen LogP contribution in [0.25, 0.3) is 0 Å². The Kier molecular flexibility index (Phi) is 7.20. The summed E-state index contributed by atoms with van der Waals surface area (Å²) in [4.78, 5) is 11.8. The Morgan fingerprint density at radius 3 is 2.60 bits per heavy atom. The first-order valence-electron chi connectivity index (χ1n) is 10.4. The Morgan fingerprint density at radius 2 is 1.90 bits per heavy atom. The average molecular weight is 434 g/mol. The molecule has 0 spiro atoms. The fourth-order valence-corrected chi connectivity index (χ4v) is 5.46. The molecule has 1 aliphatic carbocycles. The van der Waals surface area contributed by atoms with Crippen LogP contribution in [-0.4, -0.2) is 32.1 Å². The second kappa shape index (κ2) is 9.66. The maximum atomic E-state index is 13.0. The molecule has 7 nitrogen and oxygen atoms in total. The SMILES string of the molecule is COC(=O)c1ccc(S(=O)(=O)Nc2ccccc2CN[C@@H](C)CC2CCCC2)n1C. The first-order valence-corrected chi connectivity index (χ1v) is 11.9. The number of sulfonamides is 1. The molecule has 2 N–H and O–H groups in total. The lowest BCUT2D eigenvalue weighted by Crippen LogP contribution is -2.28. The van der Waals surface area contributed by atoms with Crippen LogP contribution in [0.1, 0.15) is 55.1 Å². The number of nitrogens with zero attached hydrogens (tertiary/aromatic N) is 1. The molecule has 1 atom stereocenters. The summed E-state index contributed by atoms with van der Waals surface area (Å²) in [6.45, 7) is 2.76. The van der Waals surface area contributed by atoms with Crippen molar-refractivity contribution in [1.82, 2.24) is 9.88 Å². The summed E-state index contributed by atoms with van der Waals surface area (Å²) in [6, 6.07) is 10.6. The molecule has 1 aromatic carbocycles. The lowest BCUT2D eigenvalue weighted by atomic mass is 9.99. The molecule has 1 aliphatic rings. The monoisotopic (exact) mass is 433 g/mol. The summed E-state index contributed by atoms with van der Waals surface area (Å²) >= 11 is 0. The van der Waals surface area contributed by atoms with Crippen LogP contribution in [0, 0.1) is 5.92 Å². The van der Waals surface area contributed by atoms with Crippen molar-refractivity contribution >= 4 is 21.7 Å². The Morgan fingerprint density at radius 1 is 1.20 bits per heavy atom. The molecular weight excluding hydrogens is 402 g/mol. The van der Waals surface area contributed by atoms with Gasteiger partial charge in [-0.05, 0) is 43.0 Å². The van der Waals surface area contributed by atoms with Crippen molar-refractivity contribution in [3.63, 3.8) is 0 Å². The molecule has 3 rings (SSSR count). The van der Waals surface area contributed by atoms with Gasteiger partial charge in [-0.15, -0.1) is 0 Å². The molecule has 30 heavy (non-hydrogen) atoms. The van der Waals surface area contributed by atoms with Gasteiger partial charge in [-0.25, -0.2) is 4.79 Å². The Balaban J connectivity index is 1.71. The van der Waals surface area contributed by atoms with E-state index >= 15 is 0 Å². The van der Waals surface area contributed by atoms with Gasteiger partial charge in [-0.1, -0.05) is 43.9 Å². The summed E-state index contributed by atoms with van der Waals surface area (Å²) in [5.74, 6) is 0.211. The largest absolute Gasteiger partial charge is 0.464 e. The van der Waals surface area contributed by atoms with Crippen molar-refractivity contribution in [1.29, 1.82) is 0 Å². The summed E-state index contributed by atoms with van der Waals surface area (Å²) in [5.41, 5.74) is 1.58. The Bertz CT molecular complexity index is 978. The third-order valence-corrected chi connectivity index (χ3v) is 7.26. The van der Waals surface area contributed by atoms with Crippen LogP contribution in [0.4, 0.5) is 5.69 Å². The highest BCUT2D eigenvalue weighted by Crippen LogP contribution is 2.29. The number of benzene rings is 1. The van der Waals surface area contributed by atoms with E-state index in [2.05, 4.69) is 17.0 Å². The number of hydrogen-bond donors (Lipinski definition) is 2. The number of rotatable bonds is 9. The van der Waals surface area contributed by atoms with Crippen molar-refractivity contribution in [3.05, 3.63) is 47.7 Å². The van der Waals surface area contributed by atoms with Crippen molar-refractivity contribution in [2.24, 2.45) is 13.0 Å². The number of aromatic nitrogens is 1. The number of para-hydroxylation sites is 1. The minimum absolute atomic E-state index is 0.000244. The van der Waals surface area contributed by atoms with E-state index in [1.54, 1.807) is 12.1 Å². The summed E-state index contributed by atoms with van der Waals surface area (Å²) < 4.78 is 34.6. The third-order valence-electron chi connectivity index (χ3n) is 5.81. The number of ether oxygens (including phenoxy) is 1. The van der Waals surface area contributed by atoms with Crippen molar-refractivity contribution in [3.8, 4) is 0 Å². The van der Waals surface area contributed by atoms with Crippen LogP contribution in [0.5, 0.6) is 0 Å². The molecule has 0 aliphatic heterocycles. The summed E-state index contributed by atoms with van der Waals surface area (Å²) in [5, 5.41) is 3.53. The highest BCUT2D eigenvalue weighted by atomic mass is 32.2. The third kappa shape index (κ3) is 5.23. The highest BCUT2D eigenvalue weighted by molar-refractivity contribution is 7.92. The maximum absolute atomic E-state index is 13.0. The zero-order valence-electron chi connectivity index (χ0n) is 17.8. The zero-order valence-corrected chi connectivity index (χ0v) is 18.7. The van der Waals surface area contributed by atoms with Crippen molar-refractivity contribution in [2.75, 3.05) is 11.8 Å². The fourth-order valence-electron chi connectivity index (χ4n) is 4.16. The molecule has 1 saturated carbocycles. The first-order chi connectivity index (χ1) is 14.3. The van der Waals surface area contributed by atoms with E-state index in [0.717, 1.165) is 17.9 Å². The summed E-state index contributed by atoms with van der Waals surface area (Å²) in [7, 11) is -1.08. The van der Waals surface area contributed by atoms with Gasteiger partial charge in [0.25, 0.3) is 10.0 Å². The van der Waals surface area contributed by atoms with E-state index < -0.39 is 16.0 Å². The normalized spacial score (nSPS) is 15.8. The highest BCUT2D eigenvalue weighted by Gasteiger charge is 2.23. The number of carbonyl (C=O) groups is 1. The van der Waals surface area contributed by atoms with Gasteiger partial charge >= 0.3 is 5.97 Å². The molecule has 0 radical (unpaired) electrons. The van der Waals surface area contributed by atoms with E-state index in [4.69, 9.17) is 4.74 Å². The molecule has 1 fully saturated rings. The minimum Gasteiger partial charge on any atom is -0.464 e. The Labute approximate surface area is 178 Å². The minimum atomic E-state index is -3.87. The number of methoxy groups -OCH3 is 1. The number of nitrogens with one attached hydrogen (secondary N) is 2. The molecular formula is C22H31N3O4S. The van der Waals surface area contributed by atoms with E-state index in [1.807, 2.05) is 12.1 Å². The molecule has 1 heterocycles. The predicted molar refractivity (Wildman–Crippen MR) is 117 cm³/mol. The van der Waals surface area contributed by atoms with Crippen LogP contribution >= 0.6 is 0 Å². The van der Waals surface area contributed by atoms with Gasteiger partial charge < -0.3 is 14.6 Å². The standard InChI is InChI=1S/C22H31N3O4S/c1-16(14-17-8-4-5-9-17)23-15-18-10-6-7-11-19(18)24-30(27,28)21-13-12-20(25(21)2)22(26)29-3/h6-7,10-13,16-17,23-24H,4-5,8-9,14-15H2,1-3H3/t16-/m0/s1. The van der Waals surface area contributed by atoms with Crippen LogP contribution in [0.3, 0.4) is 0 Å². The Hall–Kier alpha value is -2.32. The first kappa shape index (κ1) is 22.4. The smallest absolute Gasteiger partial charge is 0.354 e. The van der Waals surface area contributed by atoms with E-state index in [0.29, 0.717) is 18.3 Å². The number of esters is 1. The van der Waals surface area contributed by atoms with Gasteiger partial charge in [0.05, 0.1) is 12.8 Å². The molecule has 0 unspecified atom stereocenters. The topological polar surface area (TPSA) is 89.4 Å². The number of anilines is 1. The van der Waals surface area contributed by atoms with Crippen molar-refractivity contribution < 1.29 is 17.9 Å². The van der Waals surface area contributed by atoms with E-state index in [-0.39, 0.29) is 10.7 Å². The zero-order chi connectivity index (χ0) is 21.7. The van der Waals surface area contributed by atoms with Crippen LogP contribution < -0.4 is 10.0 Å². The quantitative estimate of drug-likeness (QED) is 0.589. The molecule has 0 bridgehead atoms. The van der Waals surface area contributed by atoms with Gasteiger partial charge in [-0.3, -0.25) is 4.72 Å². The van der Waals surface area contributed by atoms with Crippen molar-refractivity contribution in [2.45, 2.75) is 56.6 Å². The van der Waals surface area contributed by atoms with Gasteiger partial charge in [0.15, 0.2) is 5.03 Å². The molecule has 164 valence electrons. The second-order valence-corrected chi connectivity index (χ2v) is 9.67. The molecule has 8 heteroatoms. The fraction of sp³-hybridized carbons (Fsp3) is 0.500. The number of carbonyl (C=O) groups excluding carboxylic acids is 1. The molecule has 2 aromatic rings. The van der Waals surface area contributed by atoms with Gasteiger partial charge in [0.2, 0.25) is 0 Å². The lowest BCUT2D eigenvalue weighted by molar-refractivity contribution is 0.0589. The van der Waals surface area contributed by atoms with E-state index in [9.17, 15) is 13.2 Å². The second-order valence-electron chi connectivity index (χ2n) is 8.04. The summed E-state index contributed by atoms with van der Waals surface area (Å²) in [6.07, 6.45) is 6.44. The molecule has 1 aromatic heterocycles. The molecule has 0 saturated heterocycles. The van der Waals surface area contributed by atoms with Gasteiger partial charge in [0, 0.05) is 19.6 Å². The average Bonchev–Trinajstić information content (AvgIpc) is 3.36. The molecule has 0 amide bonds. The van der Waals surface area contributed by atoms with Gasteiger partial charge in [-0.2, -0.15) is 8.42 Å². The van der Waals surface area contributed by atoms with Crippen LogP contribution in [0.2, 0.25) is 0 Å². The number of hydrogen-bond acceptors (Lipinski definition) is 5.